The Morgan fingerprint density at radius 1 is 1.29 bits per heavy atom. The Morgan fingerprint density at radius 2 is 2.04 bits per heavy atom. The third-order valence-corrected chi connectivity index (χ3v) is 4.93. The minimum atomic E-state index is -0.0345. The van der Waals surface area contributed by atoms with Crippen molar-refractivity contribution in [2.24, 2.45) is 0 Å². The van der Waals surface area contributed by atoms with Gasteiger partial charge in [0, 0.05) is 36.2 Å². The van der Waals surface area contributed by atoms with Crippen molar-refractivity contribution in [2.75, 3.05) is 29.9 Å². The first-order valence-electron chi connectivity index (χ1n) is 8.09. The molecule has 1 aliphatic heterocycles. The zero-order chi connectivity index (χ0) is 17.1. The normalized spacial score (nSPS) is 14.9. The molecule has 0 radical (unpaired) electrons. The number of nitrogens with zero attached hydrogens (tertiary/aromatic N) is 5. The molecule has 0 aliphatic carbocycles. The number of aromatic nitrogens is 4. The Bertz CT molecular complexity index is 723. The maximum Gasteiger partial charge on any atom is 0.321 e. The molecule has 1 aliphatic rings. The number of aryl methyl sites for hydroxylation is 1. The topological polar surface area (TPSA) is 75.9 Å². The third kappa shape index (κ3) is 3.53. The Balaban J connectivity index is 1.77. The van der Waals surface area contributed by atoms with Gasteiger partial charge in [-0.05, 0) is 41.1 Å². The molecule has 7 nitrogen and oxygen atoms in total. The molecule has 1 aromatic carbocycles. The first kappa shape index (κ1) is 16.8. The van der Waals surface area contributed by atoms with Crippen LogP contribution < -0.4 is 5.32 Å². The number of anilines is 1. The van der Waals surface area contributed by atoms with Gasteiger partial charge in [0.1, 0.15) is 0 Å². The van der Waals surface area contributed by atoms with Crippen molar-refractivity contribution in [2.45, 2.75) is 26.7 Å². The summed E-state index contributed by atoms with van der Waals surface area (Å²) in [6.45, 7) is 7.71. The minimum absolute atomic E-state index is 0.0345. The van der Waals surface area contributed by atoms with Gasteiger partial charge in [-0.3, -0.25) is 0 Å². The van der Waals surface area contributed by atoms with Crippen molar-refractivity contribution in [1.82, 2.24) is 25.1 Å². The molecule has 0 spiro atoms. The lowest BCUT2D eigenvalue weighted by Crippen LogP contribution is -2.40. The second-order valence-corrected chi connectivity index (χ2v) is 7.36. The van der Waals surface area contributed by atoms with Crippen LogP contribution in [-0.2, 0) is 0 Å². The molecule has 1 fully saturated rings. The first-order valence-corrected chi connectivity index (χ1v) is 9.24. The predicted octanol–water partition coefficient (Wildman–Crippen LogP) is 2.67. The minimum Gasteiger partial charge on any atom is -0.323 e. The van der Waals surface area contributed by atoms with E-state index in [0.29, 0.717) is 0 Å². The molecule has 0 bridgehead atoms. The van der Waals surface area contributed by atoms with E-state index in [1.807, 2.05) is 41.8 Å². The molecular weight excluding hydrogens is 324 g/mol. The van der Waals surface area contributed by atoms with Crippen LogP contribution >= 0.6 is 11.8 Å². The fourth-order valence-electron chi connectivity index (χ4n) is 2.67. The summed E-state index contributed by atoms with van der Waals surface area (Å²) >= 11 is 1.89. The number of rotatable bonds is 3. The second kappa shape index (κ2) is 7.21. The second-order valence-electron chi connectivity index (χ2n) is 6.13. The van der Waals surface area contributed by atoms with Crippen LogP contribution in [0.4, 0.5) is 10.5 Å². The molecule has 2 amide bonds. The molecule has 2 heterocycles. The van der Waals surface area contributed by atoms with Gasteiger partial charge in [-0.1, -0.05) is 13.8 Å². The molecule has 128 valence electrons. The summed E-state index contributed by atoms with van der Waals surface area (Å²) in [5, 5.41) is 14.9. The van der Waals surface area contributed by atoms with E-state index in [2.05, 4.69) is 34.7 Å². The van der Waals surface area contributed by atoms with E-state index in [4.69, 9.17) is 0 Å². The zero-order valence-electron chi connectivity index (χ0n) is 14.2. The highest BCUT2D eigenvalue weighted by molar-refractivity contribution is 7.99. The van der Waals surface area contributed by atoms with Gasteiger partial charge in [-0.15, -0.1) is 5.10 Å². The lowest BCUT2D eigenvalue weighted by Gasteiger charge is -2.26. The quantitative estimate of drug-likeness (QED) is 0.925. The number of amides is 2. The molecule has 3 rings (SSSR count). The largest absolute Gasteiger partial charge is 0.323 e. The standard InChI is InChI=1S/C16H22N6OS/c1-11(2)15-18-19-20-22(15)14-5-4-13(10-12(14)3)17-16(23)21-6-8-24-9-7-21/h4-5,10-11H,6-9H2,1-3H3,(H,17,23). The van der Waals surface area contributed by atoms with Crippen LogP contribution in [0.3, 0.4) is 0 Å². The first-order chi connectivity index (χ1) is 11.6. The summed E-state index contributed by atoms with van der Waals surface area (Å²) in [6.07, 6.45) is 0. The summed E-state index contributed by atoms with van der Waals surface area (Å²) < 4.78 is 1.76. The molecule has 0 atom stereocenters. The molecule has 2 aromatic rings. The molecule has 24 heavy (non-hydrogen) atoms. The molecular formula is C16H22N6OS. The summed E-state index contributed by atoms with van der Waals surface area (Å²) in [7, 11) is 0. The van der Waals surface area contributed by atoms with Gasteiger partial charge < -0.3 is 10.2 Å². The molecule has 0 saturated carbocycles. The highest BCUT2D eigenvalue weighted by Crippen LogP contribution is 2.22. The van der Waals surface area contributed by atoms with Gasteiger partial charge in [-0.25, -0.2) is 4.79 Å². The van der Waals surface area contributed by atoms with E-state index < -0.39 is 0 Å². The maximum atomic E-state index is 12.3. The number of carbonyl (C=O) groups is 1. The fourth-order valence-corrected chi connectivity index (χ4v) is 3.57. The summed E-state index contributed by atoms with van der Waals surface area (Å²) in [5.74, 6) is 3.06. The van der Waals surface area contributed by atoms with Gasteiger partial charge >= 0.3 is 6.03 Å². The summed E-state index contributed by atoms with van der Waals surface area (Å²) in [4.78, 5) is 14.2. The van der Waals surface area contributed by atoms with Crippen molar-refractivity contribution >= 4 is 23.5 Å². The summed E-state index contributed by atoms with van der Waals surface area (Å²) in [5.41, 5.74) is 2.73. The van der Waals surface area contributed by atoms with Crippen LogP contribution in [0.25, 0.3) is 5.69 Å². The van der Waals surface area contributed by atoms with Gasteiger partial charge in [0.05, 0.1) is 5.69 Å². The number of urea groups is 1. The maximum absolute atomic E-state index is 12.3. The predicted molar refractivity (Wildman–Crippen MR) is 95.9 cm³/mol. The van der Waals surface area contributed by atoms with E-state index in [1.165, 1.54) is 0 Å². The van der Waals surface area contributed by atoms with Crippen LogP contribution in [0, 0.1) is 6.92 Å². The van der Waals surface area contributed by atoms with Gasteiger partial charge in [0.2, 0.25) is 0 Å². The highest BCUT2D eigenvalue weighted by Gasteiger charge is 2.18. The Kier molecular flexibility index (Phi) is 5.03. The molecule has 8 heteroatoms. The Morgan fingerprint density at radius 3 is 2.71 bits per heavy atom. The van der Waals surface area contributed by atoms with Crippen LogP contribution in [-0.4, -0.2) is 55.7 Å². The lowest BCUT2D eigenvalue weighted by molar-refractivity contribution is 0.217. The summed E-state index contributed by atoms with van der Waals surface area (Å²) in [6, 6.07) is 5.76. The van der Waals surface area contributed by atoms with Crippen LogP contribution in [0.1, 0.15) is 31.2 Å². The SMILES string of the molecule is Cc1cc(NC(=O)N2CCSCC2)ccc1-n1nnnc1C(C)C. The van der Waals surface area contributed by atoms with E-state index in [-0.39, 0.29) is 11.9 Å². The number of hydrogen-bond acceptors (Lipinski definition) is 5. The van der Waals surface area contributed by atoms with E-state index in [9.17, 15) is 4.79 Å². The molecule has 1 aromatic heterocycles. The highest BCUT2D eigenvalue weighted by atomic mass is 32.2. The van der Waals surface area contributed by atoms with Crippen molar-refractivity contribution in [3.05, 3.63) is 29.6 Å². The molecule has 1 saturated heterocycles. The zero-order valence-corrected chi connectivity index (χ0v) is 15.0. The van der Waals surface area contributed by atoms with Crippen molar-refractivity contribution in [3.63, 3.8) is 0 Å². The van der Waals surface area contributed by atoms with E-state index >= 15 is 0 Å². The number of nitrogens with one attached hydrogen (secondary N) is 1. The van der Waals surface area contributed by atoms with Crippen molar-refractivity contribution < 1.29 is 4.79 Å². The monoisotopic (exact) mass is 346 g/mol. The lowest BCUT2D eigenvalue weighted by atomic mass is 10.1. The van der Waals surface area contributed by atoms with Crippen molar-refractivity contribution in [3.8, 4) is 5.69 Å². The average molecular weight is 346 g/mol. The number of tetrazole rings is 1. The molecule has 0 unspecified atom stereocenters. The van der Waals surface area contributed by atoms with Crippen LogP contribution in [0.2, 0.25) is 0 Å². The number of carbonyl (C=O) groups excluding carboxylic acids is 1. The van der Waals surface area contributed by atoms with Crippen LogP contribution in [0.5, 0.6) is 0 Å². The van der Waals surface area contributed by atoms with E-state index in [1.54, 1.807) is 4.68 Å². The number of thioether (sulfide) groups is 1. The van der Waals surface area contributed by atoms with Crippen molar-refractivity contribution in [1.29, 1.82) is 0 Å². The number of benzene rings is 1. The van der Waals surface area contributed by atoms with Gasteiger partial charge in [0.15, 0.2) is 5.82 Å². The number of hydrogen-bond donors (Lipinski definition) is 1. The molecule has 1 N–H and O–H groups in total. The van der Waals surface area contributed by atoms with E-state index in [0.717, 1.165) is 47.4 Å². The van der Waals surface area contributed by atoms with Gasteiger partial charge in [-0.2, -0.15) is 16.4 Å². The van der Waals surface area contributed by atoms with Gasteiger partial charge in [0.25, 0.3) is 0 Å². The third-order valence-electron chi connectivity index (χ3n) is 3.98. The fraction of sp³-hybridized carbons (Fsp3) is 0.500. The smallest absolute Gasteiger partial charge is 0.321 e. The van der Waals surface area contributed by atoms with Crippen LogP contribution in [0.15, 0.2) is 18.2 Å². The Labute approximate surface area is 145 Å². The Hall–Kier alpha value is -2.09. The average Bonchev–Trinajstić information content (AvgIpc) is 3.05.